The second-order valence-corrected chi connectivity index (χ2v) is 8.65. The largest absolute Gasteiger partial charge is 0.353 e. The molecule has 128 valence electrons. The Morgan fingerprint density at radius 1 is 1.32 bits per heavy atom. The predicted octanol–water partition coefficient (Wildman–Crippen LogP) is 3.07. The number of hydrogen-bond donors (Lipinski definition) is 3. The molecular formula is C16H31N3O2S. The lowest BCUT2D eigenvalue weighted by atomic mass is 9.79. The predicted molar refractivity (Wildman–Crippen MR) is 92.9 cm³/mol. The average Bonchev–Trinajstić information content (AvgIpc) is 2.34. The molecule has 0 aromatic heterocycles. The van der Waals surface area contributed by atoms with Crippen LogP contribution in [0.2, 0.25) is 0 Å². The number of hydrogen-bond acceptors (Lipinski definition) is 5. The number of nitrogens with one attached hydrogen (secondary N) is 2. The fourth-order valence-electron chi connectivity index (χ4n) is 3.25. The molecule has 0 atom stereocenters. The fourth-order valence-corrected chi connectivity index (χ4v) is 4.01. The van der Waals surface area contributed by atoms with Crippen molar-refractivity contribution in [3.63, 3.8) is 0 Å². The van der Waals surface area contributed by atoms with Crippen molar-refractivity contribution in [2.24, 2.45) is 0 Å². The second kappa shape index (κ2) is 7.79. The summed E-state index contributed by atoms with van der Waals surface area (Å²) in [4.78, 5) is 12.1. The van der Waals surface area contributed by atoms with Gasteiger partial charge in [0.05, 0.1) is 5.75 Å². The normalized spacial score (nSPS) is 21.5. The molecule has 1 aliphatic rings. The van der Waals surface area contributed by atoms with Gasteiger partial charge < -0.3 is 15.9 Å². The Kier molecular flexibility index (Phi) is 6.89. The zero-order chi connectivity index (χ0) is 17.0. The molecule has 1 heterocycles. The molecule has 1 amide bonds. The van der Waals surface area contributed by atoms with Crippen LogP contribution in [0.5, 0.6) is 0 Å². The monoisotopic (exact) mass is 329 g/mol. The van der Waals surface area contributed by atoms with Crippen LogP contribution in [-0.2, 0) is 4.79 Å². The molecule has 1 fully saturated rings. The zero-order valence-corrected chi connectivity index (χ0v) is 15.3. The third-order valence-electron chi connectivity index (χ3n) is 4.08. The van der Waals surface area contributed by atoms with Crippen molar-refractivity contribution in [1.82, 2.24) is 10.4 Å². The minimum Gasteiger partial charge on any atom is -0.353 e. The van der Waals surface area contributed by atoms with Crippen LogP contribution in [-0.4, -0.2) is 50.5 Å². The lowest BCUT2D eigenvalue weighted by Crippen LogP contribution is -2.63. The third-order valence-corrected chi connectivity index (χ3v) is 5.12. The van der Waals surface area contributed by atoms with E-state index in [2.05, 4.69) is 5.32 Å². The summed E-state index contributed by atoms with van der Waals surface area (Å²) in [5, 5.41) is 22.2. The van der Waals surface area contributed by atoms with Gasteiger partial charge in [0.2, 0.25) is 5.91 Å². The molecule has 0 aliphatic carbocycles. The van der Waals surface area contributed by atoms with Gasteiger partial charge in [0.1, 0.15) is 0 Å². The van der Waals surface area contributed by atoms with Crippen molar-refractivity contribution in [2.45, 2.75) is 77.4 Å². The molecule has 1 saturated heterocycles. The molecule has 6 heteroatoms. The van der Waals surface area contributed by atoms with E-state index in [1.165, 1.54) is 5.06 Å². The number of carbonyl (C=O) groups excluding carboxylic acids is 1. The highest BCUT2D eigenvalue weighted by Crippen LogP contribution is 2.36. The molecule has 0 saturated carbocycles. The summed E-state index contributed by atoms with van der Waals surface area (Å²) < 4.78 is 0. The van der Waals surface area contributed by atoms with Crippen LogP contribution in [0.1, 0.15) is 60.3 Å². The molecular weight excluding hydrogens is 298 g/mol. The average molecular weight is 330 g/mol. The quantitative estimate of drug-likeness (QED) is 0.495. The van der Waals surface area contributed by atoms with Gasteiger partial charge in [-0.3, -0.25) is 4.79 Å². The van der Waals surface area contributed by atoms with Crippen LogP contribution in [0, 0.1) is 5.41 Å². The van der Waals surface area contributed by atoms with Crippen molar-refractivity contribution >= 4 is 23.4 Å². The molecule has 0 spiro atoms. The van der Waals surface area contributed by atoms with Gasteiger partial charge in [-0.05, 0) is 66.1 Å². The first-order chi connectivity index (χ1) is 10.0. The molecule has 0 bridgehead atoms. The van der Waals surface area contributed by atoms with Gasteiger partial charge in [0.25, 0.3) is 0 Å². The van der Waals surface area contributed by atoms with Crippen LogP contribution < -0.4 is 5.32 Å². The molecule has 5 nitrogen and oxygen atoms in total. The minimum absolute atomic E-state index is 0.0690. The number of nitrogens with zero attached hydrogens (tertiary/aromatic N) is 1. The topological polar surface area (TPSA) is 76.4 Å². The highest BCUT2D eigenvalue weighted by Gasteiger charge is 2.45. The fraction of sp³-hybridized carbons (Fsp3) is 0.875. The highest BCUT2D eigenvalue weighted by molar-refractivity contribution is 7.99. The minimum atomic E-state index is -0.339. The van der Waals surface area contributed by atoms with E-state index in [0.717, 1.165) is 31.4 Å². The van der Waals surface area contributed by atoms with E-state index in [1.54, 1.807) is 11.8 Å². The van der Waals surface area contributed by atoms with Crippen molar-refractivity contribution in [1.29, 1.82) is 5.41 Å². The molecule has 0 aromatic carbocycles. The Bertz CT molecular complexity index is 392. The summed E-state index contributed by atoms with van der Waals surface area (Å²) in [6, 6.07) is 0.102. The zero-order valence-electron chi connectivity index (χ0n) is 14.5. The SMILES string of the molecule is CC(=N)CCCSCC(=O)NC1CC(C)(C)N(O)C(C)(C)C1. The lowest BCUT2D eigenvalue weighted by molar-refractivity contribution is -0.246. The summed E-state index contributed by atoms with van der Waals surface area (Å²) in [6.45, 7) is 9.82. The maximum absolute atomic E-state index is 12.1. The Labute approximate surface area is 138 Å². The van der Waals surface area contributed by atoms with Crippen LogP contribution in [0.4, 0.5) is 0 Å². The van der Waals surface area contributed by atoms with Gasteiger partial charge in [-0.15, -0.1) is 0 Å². The smallest absolute Gasteiger partial charge is 0.230 e. The summed E-state index contributed by atoms with van der Waals surface area (Å²) >= 11 is 1.62. The Morgan fingerprint density at radius 3 is 2.36 bits per heavy atom. The number of amides is 1. The van der Waals surface area contributed by atoms with Crippen LogP contribution >= 0.6 is 11.8 Å². The number of carbonyl (C=O) groups is 1. The van der Waals surface area contributed by atoms with E-state index >= 15 is 0 Å². The summed E-state index contributed by atoms with van der Waals surface area (Å²) in [5.74, 6) is 1.45. The summed E-state index contributed by atoms with van der Waals surface area (Å²) in [6.07, 6.45) is 3.26. The molecule has 1 aliphatic heterocycles. The molecule has 22 heavy (non-hydrogen) atoms. The van der Waals surface area contributed by atoms with Crippen molar-refractivity contribution < 1.29 is 10.0 Å². The van der Waals surface area contributed by atoms with Gasteiger partial charge >= 0.3 is 0 Å². The number of piperidine rings is 1. The summed E-state index contributed by atoms with van der Waals surface area (Å²) in [7, 11) is 0. The second-order valence-electron chi connectivity index (χ2n) is 7.55. The first kappa shape index (κ1) is 19.5. The van der Waals surface area contributed by atoms with Crippen molar-refractivity contribution in [3.8, 4) is 0 Å². The number of hydroxylamine groups is 2. The maximum Gasteiger partial charge on any atom is 0.230 e. The van der Waals surface area contributed by atoms with E-state index in [0.29, 0.717) is 11.5 Å². The van der Waals surface area contributed by atoms with Crippen LogP contribution in [0.3, 0.4) is 0 Å². The van der Waals surface area contributed by atoms with Gasteiger partial charge in [-0.1, -0.05) is 0 Å². The highest BCUT2D eigenvalue weighted by atomic mass is 32.2. The molecule has 0 unspecified atom stereocenters. The molecule has 3 N–H and O–H groups in total. The number of thioether (sulfide) groups is 1. The van der Waals surface area contributed by atoms with E-state index in [9.17, 15) is 10.0 Å². The van der Waals surface area contributed by atoms with Crippen molar-refractivity contribution in [2.75, 3.05) is 11.5 Å². The third kappa shape index (κ3) is 5.89. The van der Waals surface area contributed by atoms with E-state index in [4.69, 9.17) is 5.41 Å². The summed E-state index contributed by atoms with van der Waals surface area (Å²) in [5.41, 5.74) is 0.0214. The molecule has 1 rings (SSSR count). The Balaban J connectivity index is 2.37. The van der Waals surface area contributed by atoms with Crippen LogP contribution in [0.25, 0.3) is 0 Å². The van der Waals surface area contributed by atoms with E-state index < -0.39 is 0 Å². The Hall–Kier alpha value is -0.590. The standard InChI is InChI=1S/C16H31N3O2S/c1-12(17)7-6-8-22-11-14(20)18-13-9-15(2,3)19(21)16(4,5)10-13/h13,17,21H,6-11H2,1-5H3,(H,18,20). The van der Waals surface area contributed by atoms with Gasteiger partial charge in [0, 0.05) is 22.8 Å². The van der Waals surface area contributed by atoms with E-state index in [-0.39, 0.29) is 23.0 Å². The van der Waals surface area contributed by atoms with E-state index in [1.807, 2.05) is 34.6 Å². The molecule has 0 radical (unpaired) electrons. The first-order valence-corrected chi connectivity index (χ1v) is 9.10. The lowest BCUT2D eigenvalue weighted by Gasteiger charge is -2.51. The van der Waals surface area contributed by atoms with Gasteiger partial charge in [0.15, 0.2) is 0 Å². The number of rotatable bonds is 7. The van der Waals surface area contributed by atoms with Crippen molar-refractivity contribution in [3.05, 3.63) is 0 Å². The van der Waals surface area contributed by atoms with Crippen LogP contribution in [0.15, 0.2) is 0 Å². The van der Waals surface area contributed by atoms with Gasteiger partial charge in [-0.25, -0.2) is 0 Å². The van der Waals surface area contributed by atoms with Gasteiger partial charge in [-0.2, -0.15) is 16.8 Å². The maximum atomic E-state index is 12.1. The Morgan fingerprint density at radius 2 is 1.86 bits per heavy atom. The molecule has 0 aromatic rings. The first-order valence-electron chi connectivity index (χ1n) is 7.95.